The number of hydrogen-bond donors (Lipinski definition) is 2. The van der Waals surface area contributed by atoms with E-state index < -0.39 is 6.03 Å². The zero-order chi connectivity index (χ0) is 17.2. The Balaban J connectivity index is 1.64. The number of allylic oxidation sites excluding steroid dienone is 2. The van der Waals surface area contributed by atoms with Gasteiger partial charge in [-0.3, -0.25) is 10.1 Å². The molecule has 0 radical (unpaired) electrons. The van der Waals surface area contributed by atoms with Gasteiger partial charge in [0.05, 0.1) is 5.75 Å². The molecular weight excluding hydrogens is 326 g/mol. The molecule has 1 aromatic rings. The van der Waals surface area contributed by atoms with Crippen LogP contribution < -0.4 is 10.6 Å². The van der Waals surface area contributed by atoms with E-state index in [1.807, 2.05) is 0 Å². The number of urea groups is 1. The Hall–Kier alpha value is -2.09. The fourth-order valence-corrected chi connectivity index (χ4v) is 3.15. The van der Waals surface area contributed by atoms with Crippen molar-refractivity contribution >= 4 is 23.7 Å². The highest BCUT2D eigenvalue weighted by atomic mass is 32.2. The van der Waals surface area contributed by atoms with E-state index in [0.29, 0.717) is 18.2 Å². The van der Waals surface area contributed by atoms with Gasteiger partial charge in [0.15, 0.2) is 5.16 Å². The quantitative estimate of drug-likeness (QED) is 0.555. The SMILES string of the molecule is C=CCn1cnnc1SCC(=O)NC(=O)NCCC1=CCCCC1. The monoisotopic (exact) mass is 349 g/mol. The normalized spacial score (nSPS) is 13.9. The molecule has 24 heavy (non-hydrogen) atoms. The van der Waals surface area contributed by atoms with Crippen LogP contribution in [0.2, 0.25) is 0 Å². The number of thioether (sulfide) groups is 1. The third-order valence-electron chi connectivity index (χ3n) is 3.61. The molecule has 1 aliphatic rings. The lowest BCUT2D eigenvalue weighted by Crippen LogP contribution is -2.40. The largest absolute Gasteiger partial charge is 0.337 e. The second-order valence-corrected chi connectivity index (χ2v) is 6.45. The van der Waals surface area contributed by atoms with E-state index >= 15 is 0 Å². The first-order chi connectivity index (χ1) is 11.7. The molecular formula is C16H23N5O2S. The van der Waals surface area contributed by atoms with Gasteiger partial charge >= 0.3 is 6.03 Å². The van der Waals surface area contributed by atoms with Crippen molar-refractivity contribution in [1.29, 1.82) is 0 Å². The summed E-state index contributed by atoms with van der Waals surface area (Å²) in [5.41, 5.74) is 1.39. The van der Waals surface area contributed by atoms with Gasteiger partial charge in [0, 0.05) is 13.1 Å². The second-order valence-electron chi connectivity index (χ2n) is 5.51. The first-order valence-corrected chi connectivity index (χ1v) is 9.04. The minimum Gasteiger partial charge on any atom is -0.337 e. The van der Waals surface area contributed by atoms with Gasteiger partial charge in [0.2, 0.25) is 5.91 Å². The number of nitrogens with zero attached hydrogens (tertiary/aromatic N) is 3. The van der Waals surface area contributed by atoms with Crippen molar-refractivity contribution < 1.29 is 9.59 Å². The Kier molecular flexibility index (Phi) is 7.54. The molecule has 1 heterocycles. The Bertz CT molecular complexity index is 611. The smallest absolute Gasteiger partial charge is 0.321 e. The zero-order valence-corrected chi connectivity index (χ0v) is 14.5. The van der Waals surface area contributed by atoms with E-state index in [1.165, 1.54) is 30.2 Å². The van der Waals surface area contributed by atoms with E-state index in [4.69, 9.17) is 0 Å². The highest BCUT2D eigenvalue weighted by Crippen LogP contribution is 2.19. The Labute approximate surface area is 146 Å². The number of imide groups is 1. The van der Waals surface area contributed by atoms with Crippen LogP contribution in [0, 0.1) is 0 Å². The number of carbonyl (C=O) groups excluding carboxylic acids is 2. The van der Waals surface area contributed by atoms with Gasteiger partial charge in [-0.2, -0.15) is 0 Å². The molecule has 1 aromatic heterocycles. The van der Waals surface area contributed by atoms with Crippen molar-refractivity contribution in [2.24, 2.45) is 0 Å². The lowest BCUT2D eigenvalue weighted by Gasteiger charge is -2.13. The van der Waals surface area contributed by atoms with Crippen LogP contribution in [0.1, 0.15) is 32.1 Å². The van der Waals surface area contributed by atoms with Gasteiger partial charge in [0.25, 0.3) is 0 Å². The minimum atomic E-state index is -0.454. The second kappa shape index (κ2) is 9.92. The summed E-state index contributed by atoms with van der Waals surface area (Å²) in [6, 6.07) is -0.454. The average molecular weight is 349 g/mol. The molecule has 0 aromatic carbocycles. The lowest BCUT2D eigenvalue weighted by molar-refractivity contribution is -0.117. The molecule has 0 bridgehead atoms. The summed E-state index contributed by atoms with van der Waals surface area (Å²) in [5, 5.41) is 13.4. The molecule has 0 saturated heterocycles. The van der Waals surface area contributed by atoms with Crippen LogP contribution in [-0.2, 0) is 11.3 Å². The molecule has 0 aliphatic heterocycles. The first-order valence-electron chi connectivity index (χ1n) is 8.06. The summed E-state index contributed by atoms with van der Waals surface area (Å²) in [5.74, 6) is -0.253. The number of rotatable bonds is 8. The predicted octanol–water partition coefficient (Wildman–Crippen LogP) is 2.27. The summed E-state index contributed by atoms with van der Waals surface area (Å²) in [6.07, 6.45) is 11.1. The first kappa shape index (κ1) is 18.3. The maximum absolute atomic E-state index is 11.8. The van der Waals surface area contributed by atoms with Gasteiger partial charge in [0.1, 0.15) is 6.33 Å². The van der Waals surface area contributed by atoms with Crippen LogP contribution in [0.4, 0.5) is 4.79 Å². The highest BCUT2D eigenvalue weighted by molar-refractivity contribution is 7.99. The number of carbonyl (C=O) groups is 2. The molecule has 2 N–H and O–H groups in total. The van der Waals surface area contributed by atoms with E-state index in [2.05, 4.69) is 33.5 Å². The molecule has 1 aliphatic carbocycles. The molecule has 0 unspecified atom stereocenters. The van der Waals surface area contributed by atoms with Crippen molar-refractivity contribution in [2.75, 3.05) is 12.3 Å². The maximum atomic E-state index is 11.8. The molecule has 0 saturated carbocycles. The van der Waals surface area contributed by atoms with Crippen molar-refractivity contribution in [2.45, 2.75) is 43.8 Å². The van der Waals surface area contributed by atoms with Crippen LogP contribution in [0.15, 0.2) is 35.8 Å². The van der Waals surface area contributed by atoms with Crippen molar-refractivity contribution in [3.63, 3.8) is 0 Å². The van der Waals surface area contributed by atoms with Crippen molar-refractivity contribution in [3.05, 3.63) is 30.6 Å². The van der Waals surface area contributed by atoms with Crippen LogP contribution in [-0.4, -0.2) is 39.0 Å². The van der Waals surface area contributed by atoms with Crippen molar-refractivity contribution in [3.8, 4) is 0 Å². The van der Waals surface area contributed by atoms with Crippen LogP contribution in [0.3, 0.4) is 0 Å². The molecule has 2 rings (SSSR count). The molecule has 130 valence electrons. The maximum Gasteiger partial charge on any atom is 0.321 e. The fraction of sp³-hybridized carbons (Fsp3) is 0.500. The summed E-state index contributed by atoms with van der Waals surface area (Å²) in [7, 11) is 0. The summed E-state index contributed by atoms with van der Waals surface area (Å²) in [4.78, 5) is 23.5. The summed E-state index contributed by atoms with van der Waals surface area (Å²) < 4.78 is 1.78. The number of hydrogen-bond acceptors (Lipinski definition) is 5. The predicted molar refractivity (Wildman–Crippen MR) is 93.7 cm³/mol. The number of aromatic nitrogens is 3. The molecule has 0 fully saturated rings. The summed E-state index contributed by atoms with van der Waals surface area (Å²) in [6.45, 7) is 4.78. The van der Waals surface area contributed by atoms with E-state index in [-0.39, 0.29) is 11.7 Å². The van der Waals surface area contributed by atoms with Crippen LogP contribution >= 0.6 is 11.8 Å². The highest BCUT2D eigenvalue weighted by Gasteiger charge is 2.11. The van der Waals surface area contributed by atoms with E-state index in [1.54, 1.807) is 17.0 Å². The standard InChI is InChI=1S/C16H23N5O2S/c1-2-10-21-12-18-20-16(21)24-11-14(22)19-15(23)17-9-8-13-6-4-3-5-7-13/h2,6,12H,1,3-5,7-11H2,(H2,17,19,22,23). The number of amides is 3. The topological polar surface area (TPSA) is 88.9 Å². The Morgan fingerprint density at radius 3 is 3.04 bits per heavy atom. The number of nitrogens with one attached hydrogen (secondary N) is 2. The zero-order valence-electron chi connectivity index (χ0n) is 13.7. The van der Waals surface area contributed by atoms with E-state index in [0.717, 1.165) is 19.3 Å². The van der Waals surface area contributed by atoms with Gasteiger partial charge in [-0.25, -0.2) is 4.79 Å². The van der Waals surface area contributed by atoms with Gasteiger partial charge < -0.3 is 9.88 Å². The van der Waals surface area contributed by atoms with Gasteiger partial charge in [-0.05, 0) is 32.1 Å². The van der Waals surface area contributed by atoms with Crippen molar-refractivity contribution in [1.82, 2.24) is 25.4 Å². The van der Waals surface area contributed by atoms with Gasteiger partial charge in [-0.1, -0.05) is 29.5 Å². The average Bonchev–Trinajstić information content (AvgIpc) is 3.01. The summed E-state index contributed by atoms with van der Waals surface area (Å²) >= 11 is 1.23. The molecule has 0 spiro atoms. The van der Waals surface area contributed by atoms with Crippen LogP contribution in [0.25, 0.3) is 0 Å². The molecule has 8 heteroatoms. The lowest BCUT2D eigenvalue weighted by atomic mass is 9.97. The molecule has 3 amide bonds. The minimum absolute atomic E-state index is 0.106. The third-order valence-corrected chi connectivity index (χ3v) is 4.59. The third kappa shape index (κ3) is 6.19. The fourth-order valence-electron chi connectivity index (χ4n) is 2.43. The molecule has 0 atom stereocenters. The molecule has 7 nitrogen and oxygen atoms in total. The van der Waals surface area contributed by atoms with Crippen LogP contribution in [0.5, 0.6) is 0 Å². The Morgan fingerprint density at radius 2 is 2.29 bits per heavy atom. The van der Waals surface area contributed by atoms with Gasteiger partial charge in [-0.15, -0.1) is 16.8 Å². The Morgan fingerprint density at radius 1 is 1.42 bits per heavy atom. The van der Waals surface area contributed by atoms with E-state index in [9.17, 15) is 9.59 Å².